The molecule has 0 spiro atoms. The number of nitrogens with zero attached hydrogens (tertiary/aromatic N) is 2. The zero-order chi connectivity index (χ0) is 23.6. The van der Waals surface area contributed by atoms with E-state index in [0.29, 0.717) is 6.42 Å². The van der Waals surface area contributed by atoms with E-state index in [0.717, 1.165) is 51.2 Å². The van der Waals surface area contributed by atoms with Crippen molar-refractivity contribution in [3.05, 3.63) is 59.7 Å². The number of para-hydroxylation sites is 2. The number of benzene rings is 3. The van der Waals surface area contributed by atoms with Gasteiger partial charge in [0, 0.05) is 53.1 Å². The summed E-state index contributed by atoms with van der Waals surface area (Å²) in [6.45, 7) is 2.17. The lowest BCUT2D eigenvalue weighted by Crippen LogP contribution is -2.59. The Hall–Kier alpha value is -3.19. The third-order valence-corrected chi connectivity index (χ3v) is 8.82. The lowest BCUT2D eigenvalue weighted by atomic mass is 9.93. The number of hydrogen-bond acceptors (Lipinski definition) is 4. The fourth-order valence-corrected chi connectivity index (χ4v) is 7.57. The predicted molar refractivity (Wildman–Crippen MR) is 137 cm³/mol. The standard InChI is InChI=1S/C29H27N3O3/c1-29-28(34-3)18(30-2)14-22(35-29)31-19-10-6-4-8-15(19)25-24-17(12-13-21(24)33)23-16-9-5-7-11-20(16)32(29)27(23)26(25)31/h4-11,18,22,28,30H,12-14H2,1-3H3/t18?,22-,28?,29+/m0/s1. The van der Waals surface area contributed by atoms with Crippen LogP contribution in [0.2, 0.25) is 0 Å². The van der Waals surface area contributed by atoms with E-state index in [1.807, 2.05) is 7.05 Å². The molecule has 4 heterocycles. The minimum absolute atomic E-state index is 0.0963. The molecule has 2 aromatic heterocycles. The van der Waals surface area contributed by atoms with Crippen molar-refractivity contribution < 1.29 is 14.3 Å². The van der Waals surface area contributed by atoms with Gasteiger partial charge in [-0.15, -0.1) is 0 Å². The lowest BCUT2D eigenvalue weighted by molar-refractivity contribution is -0.256. The van der Waals surface area contributed by atoms with Gasteiger partial charge in [-0.25, -0.2) is 0 Å². The maximum Gasteiger partial charge on any atom is 0.173 e. The first kappa shape index (κ1) is 20.0. The van der Waals surface area contributed by atoms with Gasteiger partial charge in [-0.2, -0.15) is 0 Å². The number of rotatable bonds is 2. The second-order valence-corrected chi connectivity index (χ2v) is 10.4. The molecular formula is C29H27N3O3. The van der Waals surface area contributed by atoms with Crippen LogP contribution < -0.4 is 5.32 Å². The third kappa shape index (κ3) is 2.16. The molecule has 0 amide bonds. The van der Waals surface area contributed by atoms with Crippen LogP contribution in [0.15, 0.2) is 48.5 Å². The summed E-state index contributed by atoms with van der Waals surface area (Å²) in [7, 11) is 3.79. The number of ether oxygens (including phenoxy) is 2. The molecule has 2 bridgehead atoms. The first-order chi connectivity index (χ1) is 17.1. The Morgan fingerprint density at radius 2 is 1.71 bits per heavy atom. The van der Waals surface area contributed by atoms with E-state index in [9.17, 15) is 4.79 Å². The Bertz CT molecular complexity index is 1740. The van der Waals surface area contributed by atoms with Crippen LogP contribution in [0.5, 0.6) is 0 Å². The fraction of sp³-hybridized carbons (Fsp3) is 0.345. The smallest absolute Gasteiger partial charge is 0.173 e. The number of methoxy groups -OCH3 is 1. The van der Waals surface area contributed by atoms with Crippen LogP contribution in [0.4, 0.5) is 0 Å². The third-order valence-electron chi connectivity index (χ3n) is 8.82. The fourth-order valence-electron chi connectivity index (χ4n) is 7.57. The van der Waals surface area contributed by atoms with E-state index in [-0.39, 0.29) is 24.2 Å². The summed E-state index contributed by atoms with van der Waals surface area (Å²) in [4.78, 5) is 13.4. The Kier molecular flexibility index (Phi) is 3.73. The molecule has 2 unspecified atom stereocenters. The largest absolute Gasteiger partial charge is 0.375 e. The molecule has 5 aromatic rings. The zero-order valence-electron chi connectivity index (χ0n) is 20.1. The molecule has 8 rings (SSSR count). The molecule has 1 fully saturated rings. The van der Waals surface area contributed by atoms with Crippen LogP contribution >= 0.6 is 0 Å². The second kappa shape index (κ2) is 6.52. The van der Waals surface area contributed by atoms with Gasteiger partial charge in [0.2, 0.25) is 0 Å². The highest BCUT2D eigenvalue weighted by atomic mass is 16.6. The summed E-state index contributed by atoms with van der Waals surface area (Å²) in [6.07, 6.45) is 1.74. The second-order valence-electron chi connectivity index (χ2n) is 10.4. The van der Waals surface area contributed by atoms with Crippen molar-refractivity contribution in [1.82, 2.24) is 14.5 Å². The lowest BCUT2D eigenvalue weighted by Gasteiger charge is -2.48. The van der Waals surface area contributed by atoms with Crippen molar-refractivity contribution in [3.8, 4) is 0 Å². The quantitative estimate of drug-likeness (QED) is 0.387. The van der Waals surface area contributed by atoms with Gasteiger partial charge in [-0.1, -0.05) is 36.4 Å². The van der Waals surface area contributed by atoms with Gasteiger partial charge in [-0.3, -0.25) is 4.79 Å². The summed E-state index contributed by atoms with van der Waals surface area (Å²) in [5.74, 6) is 0.254. The number of aromatic nitrogens is 2. The zero-order valence-corrected chi connectivity index (χ0v) is 20.1. The normalized spacial score (nSPS) is 27.5. The maximum absolute atomic E-state index is 13.4. The molecule has 3 aliphatic rings. The molecule has 0 radical (unpaired) electrons. The Morgan fingerprint density at radius 3 is 2.46 bits per heavy atom. The molecule has 2 aliphatic heterocycles. The Balaban J connectivity index is 1.72. The number of Topliss-reactive ketones (excluding diaryl/α,β-unsaturated/α-hetero) is 1. The average molecular weight is 466 g/mol. The molecule has 176 valence electrons. The van der Waals surface area contributed by atoms with Gasteiger partial charge >= 0.3 is 0 Å². The minimum Gasteiger partial charge on any atom is -0.375 e. The van der Waals surface area contributed by atoms with Gasteiger partial charge in [0.05, 0.1) is 22.1 Å². The van der Waals surface area contributed by atoms with Crippen molar-refractivity contribution in [3.63, 3.8) is 0 Å². The van der Waals surface area contributed by atoms with Crippen LogP contribution in [-0.2, 0) is 21.6 Å². The van der Waals surface area contributed by atoms with Crippen LogP contribution in [0, 0.1) is 0 Å². The van der Waals surface area contributed by atoms with E-state index in [1.165, 1.54) is 16.3 Å². The van der Waals surface area contributed by atoms with Crippen LogP contribution in [0.1, 0.15) is 41.9 Å². The molecule has 6 nitrogen and oxygen atoms in total. The molecule has 1 aliphatic carbocycles. The molecule has 6 heteroatoms. The topological polar surface area (TPSA) is 57.4 Å². The predicted octanol–water partition coefficient (Wildman–Crippen LogP) is 5.24. The van der Waals surface area contributed by atoms with Crippen molar-refractivity contribution >= 4 is 49.4 Å². The van der Waals surface area contributed by atoms with Gasteiger partial charge < -0.3 is 23.9 Å². The number of aryl methyl sites for hydroxylation is 1. The number of ketones is 1. The van der Waals surface area contributed by atoms with Gasteiger partial charge in [-0.05, 0) is 38.1 Å². The number of hydrogen-bond donors (Lipinski definition) is 1. The van der Waals surface area contributed by atoms with Crippen molar-refractivity contribution in [2.75, 3.05) is 14.2 Å². The van der Waals surface area contributed by atoms with Crippen molar-refractivity contribution in [2.24, 2.45) is 0 Å². The highest BCUT2D eigenvalue weighted by Crippen LogP contribution is 2.54. The average Bonchev–Trinajstić information content (AvgIpc) is 3.51. The van der Waals surface area contributed by atoms with E-state index in [4.69, 9.17) is 9.47 Å². The van der Waals surface area contributed by atoms with Gasteiger partial charge in [0.25, 0.3) is 0 Å². The summed E-state index contributed by atoms with van der Waals surface area (Å²) < 4.78 is 18.0. The molecule has 0 saturated carbocycles. The number of carbonyl (C=O) groups excluding carboxylic acids is 1. The first-order valence-corrected chi connectivity index (χ1v) is 12.5. The van der Waals surface area contributed by atoms with Crippen LogP contribution in [0.3, 0.4) is 0 Å². The summed E-state index contributed by atoms with van der Waals surface area (Å²) in [6, 6.07) is 17.2. The van der Waals surface area contributed by atoms with E-state index >= 15 is 0 Å². The summed E-state index contributed by atoms with van der Waals surface area (Å²) in [5, 5.41) is 8.12. The first-order valence-electron chi connectivity index (χ1n) is 12.5. The van der Waals surface area contributed by atoms with Crippen molar-refractivity contribution in [1.29, 1.82) is 0 Å². The molecular weight excluding hydrogens is 438 g/mol. The molecule has 35 heavy (non-hydrogen) atoms. The number of fused-ring (bicyclic) bond motifs is 13. The maximum atomic E-state index is 13.4. The Labute approximate surface area is 202 Å². The van der Waals surface area contributed by atoms with E-state index < -0.39 is 5.72 Å². The highest BCUT2D eigenvalue weighted by molar-refractivity contribution is 6.31. The van der Waals surface area contributed by atoms with Gasteiger partial charge in [0.1, 0.15) is 12.3 Å². The van der Waals surface area contributed by atoms with Crippen LogP contribution in [-0.4, -0.2) is 41.2 Å². The summed E-state index contributed by atoms with van der Waals surface area (Å²) >= 11 is 0. The number of likely N-dealkylation sites (N-methyl/N-ethyl adjacent to an activating group) is 1. The minimum atomic E-state index is -0.739. The molecule has 1 N–H and O–H groups in total. The number of carbonyl (C=O) groups is 1. The molecule has 1 saturated heterocycles. The molecule has 3 aromatic carbocycles. The SMILES string of the molecule is CNC1C[C@@H]2O[C@](C)(C1OC)n1c3ccccc3c3c4c(c5c6ccccc6n2c5c31)C(=O)CC4. The number of nitrogens with one attached hydrogen (secondary N) is 1. The van der Waals surface area contributed by atoms with Gasteiger partial charge in [0.15, 0.2) is 11.5 Å². The van der Waals surface area contributed by atoms with Crippen LogP contribution in [0.25, 0.3) is 43.6 Å². The Morgan fingerprint density at radius 1 is 1.00 bits per heavy atom. The monoisotopic (exact) mass is 465 g/mol. The van der Waals surface area contributed by atoms with E-state index in [2.05, 4.69) is 69.9 Å². The summed E-state index contributed by atoms with van der Waals surface area (Å²) in [5.41, 5.74) is 5.89. The molecule has 4 atom stereocenters. The van der Waals surface area contributed by atoms with E-state index in [1.54, 1.807) is 7.11 Å². The highest BCUT2D eigenvalue weighted by Gasteiger charge is 2.53. The van der Waals surface area contributed by atoms with Crippen molar-refractivity contribution in [2.45, 2.75) is 50.3 Å².